The topological polar surface area (TPSA) is 31.4 Å². The molecule has 2 heterocycles. The third-order valence-corrected chi connectivity index (χ3v) is 5.25. The number of nitrogens with one attached hydrogen (secondary N) is 1. The zero-order valence-electron chi connectivity index (χ0n) is 16.3. The highest BCUT2D eigenvalue weighted by Gasteiger charge is 2.17. The molecule has 4 rings (SSSR count). The van der Waals surface area contributed by atoms with E-state index in [4.69, 9.17) is 4.98 Å². The maximum atomic E-state index is 4.99. The van der Waals surface area contributed by atoms with Gasteiger partial charge in [0.2, 0.25) is 0 Å². The standard InChI is InChI=1S/C23H28N4/c1-26(2)15-13-24-22-16-23(25-21-12-6-5-11-20(21)22)27-14-7-10-18-8-3-4-9-19(18)17-27/h3-6,8-9,11-12,16H,7,10,13-15,17H2,1-2H3,(H,24,25). The third kappa shape index (κ3) is 4.06. The Morgan fingerprint density at radius 1 is 1.04 bits per heavy atom. The summed E-state index contributed by atoms with van der Waals surface area (Å²) in [6.45, 7) is 3.89. The van der Waals surface area contributed by atoms with E-state index in [-0.39, 0.29) is 0 Å². The summed E-state index contributed by atoms with van der Waals surface area (Å²) < 4.78 is 0. The average Bonchev–Trinajstić information content (AvgIpc) is 2.90. The van der Waals surface area contributed by atoms with Crippen molar-refractivity contribution in [1.29, 1.82) is 0 Å². The largest absolute Gasteiger partial charge is 0.383 e. The maximum absolute atomic E-state index is 4.99. The minimum absolute atomic E-state index is 0.920. The van der Waals surface area contributed by atoms with Crippen molar-refractivity contribution in [3.63, 3.8) is 0 Å². The molecule has 0 amide bonds. The Hall–Kier alpha value is -2.59. The van der Waals surface area contributed by atoms with Gasteiger partial charge in [0, 0.05) is 43.3 Å². The molecule has 0 unspecified atom stereocenters. The molecule has 0 aliphatic carbocycles. The van der Waals surface area contributed by atoms with Crippen LogP contribution in [-0.4, -0.2) is 43.6 Å². The van der Waals surface area contributed by atoms with Gasteiger partial charge in [-0.05, 0) is 44.1 Å². The number of para-hydroxylation sites is 1. The van der Waals surface area contributed by atoms with Gasteiger partial charge in [0.25, 0.3) is 0 Å². The molecule has 0 radical (unpaired) electrons. The first kappa shape index (κ1) is 17.8. The summed E-state index contributed by atoms with van der Waals surface area (Å²) in [6, 6.07) is 19.5. The van der Waals surface area contributed by atoms with E-state index in [0.29, 0.717) is 0 Å². The van der Waals surface area contributed by atoms with Crippen LogP contribution in [0.25, 0.3) is 10.9 Å². The Bertz CT molecular complexity index is 919. The van der Waals surface area contributed by atoms with Gasteiger partial charge in [0.1, 0.15) is 5.82 Å². The average molecular weight is 361 g/mol. The van der Waals surface area contributed by atoms with Crippen LogP contribution in [0, 0.1) is 0 Å². The summed E-state index contributed by atoms with van der Waals surface area (Å²) in [5, 5.41) is 4.81. The lowest BCUT2D eigenvalue weighted by molar-refractivity contribution is 0.425. The number of rotatable bonds is 5. The van der Waals surface area contributed by atoms with E-state index in [0.717, 1.165) is 50.4 Å². The number of hydrogen-bond acceptors (Lipinski definition) is 4. The smallest absolute Gasteiger partial charge is 0.131 e. The van der Waals surface area contributed by atoms with Crippen LogP contribution in [0.15, 0.2) is 54.6 Å². The van der Waals surface area contributed by atoms with Crippen LogP contribution in [0.1, 0.15) is 17.5 Å². The van der Waals surface area contributed by atoms with Crippen molar-refractivity contribution in [3.8, 4) is 0 Å². The second-order valence-electron chi connectivity index (χ2n) is 7.57. The Balaban J connectivity index is 1.67. The molecule has 1 aliphatic rings. The van der Waals surface area contributed by atoms with E-state index in [9.17, 15) is 0 Å². The van der Waals surface area contributed by atoms with Gasteiger partial charge in [-0.3, -0.25) is 0 Å². The van der Waals surface area contributed by atoms with E-state index in [1.165, 1.54) is 22.2 Å². The Morgan fingerprint density at radius 3 is 2.67 bits per heavy atom. The zero-order valence-corrected chi connectivity index (χ0v) is 16.3. The van der Waals surface area contributed by atoms with Gasteiger partial charge < -0.3 is 15.1 Å². The molecule has 2 aromatic carbocycles. The van der Waals surface area contributed by atoms with Gasteiger partial charge in [-0.1, -0.05) is 42.5 Å². The second kappa shape index (κ2) is 7.97. The number of anilines is 2. The number of benzene rings is 2. The van der Waals surface area contributed by atoms with Crippen molar-refractivity contribution < 1.29 is 0 Å². The summed E-state index contributed by atoms with van der Waals surface area (Å²) in [5.74, 6) is 1.07. The normalized spacial score (nSPS) is 14.3. The SMILES string of the molecule is CN(C)CCNc1cc(N2CCCc3ccccc3C2)nc2ccccc12. The van der Waals surface area contributed by atoms with E-state index in [2.05, 4.69) is 83.8 Å². The molecule has 0 spiro atoms. The van der Waals surface area contributed by atoms with Gasteiger partial charge in [0.05, 0.1) is 5.52 Å². The first-order valence-corrected chi connectivity index (χ1v) is 9.81. The lowest BCUT2D eigenvalue weighted by atomic mass is 10.0. The molecule has 0 fully saturated rings. The number of hydrogen-bond donors (Lipinski definition) is 1. The predicted octanol–water partition coefficient (Wildman–Crippen LogP) is 4.16. The molecule has 0 bridgehead atoms. The molecular formula is C23H28N4. The summed E-state index contributed by atoms with van der Waals surface area (Å²) in [4.78, 5) is 9.62. The van der Waals surface area contributed by atoms with Gasteiger partial charge >= 0.3 is 0 Å². The van der Waals surface area contributed by atoms with Gasteiger partial charge in [-0.15, -0.1) is 0 Å². The summed E-state index contributed by atoms with van der Waals surface area (Å²) in [5.41, 5.74) is 5.13. The van der Waals surface area contributed by atoms with Crippen molar-refractivity contribution >= 4 is 22.4 Å². The molecule has 27 heavy (non-hydrogen) atoms. The molecule has 1 aliphatic heterocycles. The third-order valence-electron chi connectivity index (χ3n) is 5.25. The molecule has 140 valence electrons. The molecular weight excluding hydrogens is 332 g/mol. The molecule has 1 N–H and O–H groups in total. The van der Waals surface area contributed by atoms with Gasteiger partial charge in [-0.25, -0.2) is 4.98 Å². The number of likely N-dealkylation sites (N-methyl/N-ethyl adjacent to an activating group) is 1. The van der Waals surface area contributed by atoms with Crippen LogP contribution >= 0.6 is 0 Å². The van der Waals surface area contributed by atoms with Gasteiger partial charge in [-0.2, -0.15) is 0 Å². The van der Waals surface area contributed by atoms with Crippen LogP contribution in [0.2, 0.25) is 0 Å². The highest BCUT2D eigenvalue weighted by atomic mass is 15.2. The first-order chi connectivity index (χ1) is 13.2. The Morgan fingerprint density at radius 2 is 1.81 bits per heavy atom. The minimum Gasteiger partial charge on any atom is -0.383 e. The fourth-order valence-corrected chi connectivity index (χ4v) is 3.78. The number of fused-ring (bicyclic) bond motifs is 2. The molecule has 0 saturated heterocycles. The van der Waals surface area contributed by atoms with Crippen LogP contribution < -0.4 is 10.2 Å². The molecule has 0 saturated carbocycles. The number of nitrogens with zero attached hydrogens (tertiary/aromatic N) is 3. The van der Waals surface area contributed by atoms with Crippen molar-refractivity contribution in [1.82, 2.24) is 9.88 Å². The summed E-state index contributed by atoms with van der Waals surface area (Å²) in [7, 11) is 4.21. The van der Waals surface area contributed by atoms with Crippen LogP contribution in [0.5, 0.6) is 0 Å². The van der Waals surface area contributed by atoms with Crippen molar-refractivity contribution in [2.24, 2.45) is 0 Å². The van der Waals surface area contributed by atoms with E-state index < -0.39 is 0 Å². The van der Waals surface area contributed by atoms with E-state index >= 15 is 0 Å². The quantitative estimate of drug-likeness (QED) is 0.740. The highest BCUT2D eigenvalue weighted by Crippen LogP contribution is 2.29. The fourth-order valence-electron chi connectivity index (χ4n) is 3.78. The molecule has 0 atom stereocenters. The molecule has 4 nitrogen and oxygen atoms in total. The Labute approximate surface area is 161 Å². The van der Waals surface area contributed by atoms with E-state index in [1.54, 1.807) is 0 Å². The number of aromatic nitrogens is 1. The fraction of sp³-hybridized carbons (Fsp3) is 0.348. The highest BCUT2D eigenvalue weighted by molar-refractivity contribution is 5.93. The number of aryl methyl sites for hydroxylation is 1. The van der Waals surface area contributed by atoms with Crippen molar-refractivity contribution in [2.75, 3.05) is 43.9 Å². The number of pyridine rings is 1. The van der Waals surface area contributed by atoms with Crippen molar-refractivity contribution in [2.45, 2.75) is 19.4 Å². The molecule has 3 aromatic rings. The second-order valence-corrected chi connectivity index (χ2v) is 7.57. The van der Waals surface area contributed by atoms with Crippen molar-refractivity contribution in [3.05, 3.63) is 65.7 Å². The predicted molar refractivity (Wildman–Crippen MR) is 115 cm³/mol. The summed E-state index contributed by atoms with van der Waals surface area (Å²) in [6.07, 6.45) is 2.31. The van der Waals surface area contributed by atoms with Crippen LogP contribution in [0.4, 0.5) is 11.5 Å². The lowest BCUT2D eigenvalue weighted by Crippen LogP contribution is -2.24. The Kier molecular flexibility index (Phi) is 5.26. The van der Waals surface area contributed by atoms with Gasteiger partial charge in [0.15, 0.2) is 0 Å². The first-order valence-electron chi connectivity index (χ1n) is 9.81. The van der Waals surface area contributed by atoms with E-state index in [1.807, 2.05) is 0 Å². The maximum Gasteiger partial charge on any atom is 0.131 e. The minimum atomic E-state index is 0.920. The summed E-state index contributed by atoms with van der Waals surface area (Å²) >= 11 is 0. The molecule has 1 aromatic heterocycles. The van der Waals surface area contributed by atoms with Crippen LogP contribution in [-0.2, 0) is 13.0 Å². The van der Waals surface area contributed by atoms with Crippen LogP contribution in [0.3, 0.4) is 0 Å². The lowest BCUT2D eigenvalue weighted by Gasteiger charge is -2.24. The molecule has 4 heteroatoms. The zero-order chi connectivity index (χ0) is 18.6. The monoisotopic (exact) mass is 360 g/mol.